The number of methoxy groups -OCH3 is 1. The second kappa shape index (κ2) is 7.11. The Morgan fingerprint density at radius 1 is 1.37 bits per heavy atom. The molecule has 1 saturated carbocycles. The monoisotopic (exact) mass is 285 g/mol. The van der Waals surface area contributed by atoms with Gasteiger partial charge in [0.05, 0.1) is 7.11 Å². The molecule has 106 valence electrons. The molecule has 0 aromatic heterocycles. The highest BCUT2D eigenvalue weighted by molar-refractivity contribution is 6.18. The van der Waals surface area contributed by atoms with E-state index in [0.29, 0.717) is 24.1 Å². The molecule has 1 fully saturated rings. The van der Waals surface area contributed by atoms with E-state index in [1.54, 1.807) is 6.07 Å². The first-order chi connectivity index (χ1) is 9.24. The van der Waals surface area contributed by atoms with Crippen molar-refractivity contribution in [2.24, 2.45) is 11.8 Å². The van der Waals surface area contributed by atoms with E-state index in [0.717, 1.165) is 18.0 Å². The molecule has 0 spiro atoms. The van der Waals surface area contributed by atoms with E-state index in [2.05, 4.69) is 5.32 Å². The number of alkyl halides is 1. The minimum absolute atomic E-state index is 0.293. The van der Waals surface area contributed by atoms with Crippen molar-refractivity contribution in [3.05, 3.63) is 29.6 Å². The van der Waals surface area contributed by atoms with Crippen molar-refractivity contribution in [3.8, 4) is 5.75 Å². The average molecular weight is 286 g/mol. The molecule has 0 heterocycles. The molecule has 0 saturated heterocycles. The van der Waals surface area contributed by atoms with Gasteiger partial charge in [-0.2, -0.15) is 0 Å². The van der Waals surface area contributed by atoms with Crippen LogP contribution < -0.4 is 10.1 Å². The fourth-order valence-electron chi connectivity index (χ4n) is 2.81. The van der Waals surface area contributed by atoms with Crippen LogP contribution in [0.25, 0.3) is 0 Å². The highest BCUT2D eigenvalue weighted by Gasteiger charge is 2.25. The third-order valence-electron chi connectivity index (χ3n) is 3.97. The van der Waals surface area contributed by atoms with Crippen molar-refractivity contribution < 1.29 is 9.13 Å². The highest BCUT2D eigenvalue weighted by atomic mass is 35.5. The molecule has 2 rings (SSSR count). The summed E-state index contributed by atoms with van der Waals surface area (Å²) in [4.78, 5) is 0. The lowest BCUT2D eigenvalue weighted by molar-refractivity contribution is 0.384. The van der Waals surface area contributed by atoms with E-state index >= 15 is 0 Å². The van der Waals surface area contributed by atoms with Gasteiger partial charge >= 0.3 is 0 Å². The third kappa shape index (κ3) is 3.83. The Morgan fingerprint density at radius 2 is 2.16 bits per heavy atom. The highest BCUT2D eigenvalue weighted by Crippen LogP contribution is 2.32. The van der Waals surface area contributed by atoms with Gasteiger partial charge in [0.25, 0.3) is 0 Å². The van der Waals surface area contributed by atoms with Crippen LogP contribution in [0.4, 0.5) is 4.39 Å². The zero-order valence-corrected chi connectivity index (χ0v) is 12.0. The molecule has 1 aromatic rings. The van der Waals surface area contributed by atoms with Gasteiger partial charge < -0.3 is 10.1 Å². The van der Waals surface area contributed by atoms with E-state index in [4.69, 9.17) is 16.3 Å². The maximum Gasteiger partial charge on any atom is 0.165 e. The Kier molecular flexibility index (Phi) is 5.46. The molecule has 0 aliphatic heterocycles. The average Bonchev–Trinajstić information content (AvgIpc) is 2.86. The number of benzene rings is 1. The molecule has 1 aromatic carbocycles. The van der Waals surface area contributed by atoms with Gasteiger partial charge in [-0.25, -0.2) is 4.39 Å². The Morgan fingerprint density at radius 3 is 2.84 bits per heavy atom. The quantitative estimate of drug-likeness (QED) is 0.807. The van der Waals surface area contributed by atoms with Crippen LogP contribution in [0.15, 0.2) is 18.2 Å². The predicted octanol–water partition coefficient (Wildman–Crippen LogP) is 3.58. The van der Waals surface area contributed by atoms with E-state index < -0.39 is 0 Å². The van der Waals surface area contributed by atoms with Gasteiger partial charge in [0.2, 0.25) is 0 Å². The predicted molar refractivity (Wildman–Crippen MR) is 76.2 cm³/mol. The fraction of sp³-hybridized carbons (Fsp3) is 0.600. The number of halogens is 2. The van der Waals surface area contributed by atoms with Gasteiger partial charge in [-0.1, -0.05) is 12.5 Å². The first kappa shape index (κ1) is 14.6. The summed E-state index contributed by atoms with van der Waals surface area (Å²) < 4.78 is 18.4. The molecule has 0 amide bonds. The SMILES string of the molecule is COc1ccc(CNCC2CCCC2CCl)cc1F. The van der Waals surface area contributed by atoms with Crippen LogP contribution in [0, 0.1) is 17.7 Å². The molecule has 1 aliphatic rings. The summed E-state index contributed by atoms with van der Waals surface area (Å²) in [5.74, 6) is 2.05. The molecule has 1 aliphatic carbocycles. The molecule has 19 heavy (non-hydrogen) atoms. The second-order valence-corrected chi connectivity index (χ2v) is 5.51. The summed E-state index contributed by atoms with van der Waals surface area (Å²) >= 11 is 5.96. The van der Waals surface area contributed by atoms with Crippen LogP contribution in [-0.2, 0) is 6.54 Å². The van der Waals surface area contributed by atoms with Crippen molar-refractivity contribution in [1.29, 1.82) is 0 Å². The van der Waals surface area contributed by atoms with Crippen LogP contribution >= 0.6 is 11.6 Å². The standard InChI is InChI=1S/C15H21ClFNO/c1-19-15-6-5-11(7-14(15)17)9-18-10-13-4-2-3-12(13)8-16/h5-7,12-13,18H,2-4,8-10H2,1H3. The molecule has 2 atom stereocenters. The normalized spacial score (nSPS) is 22.7. The van der Waals surface area contributed by atoms with Crippen LogP contribution in [0.3, 0.4) is 0 Å². The number of hydrogen-bond donors (Lipinski definition) is 1. The molecule has 0 bridgehead atoms. The number of hydrogen-bond acceptors (Lipinski definition) is 2. The van der Waals surface area contributed by atoms with Crippen molar-refractivity contribution in [3.63, 3.8) is 0 Å². The Labute approximate surface area is 119 Å². The summed E-state index contributed by atoms with van der Waals surface area (Å²) in [6, 6.07) is 5.09. The largest absolute Gasteiger partial charge is 0.494 e. The van der Waals surface area contributed by atoms with Crippen LogP contribution in [0.1, 0.15) is 24.8 Å². The maximum absolute atomic E-state index is 13.5. The minimum atomic E-state index is -0.304. The number of ether oxygens (including phenoxy) is 1. The fourth-order valence-corrected chi connectivity index (χ4v) is 3.21. The minimum Gasteiger partial charge on any atom is -0.494 e. The maximum atomic E-state index is 13.5. The van der Waals surface area contributed by atoms with Crippen molar-refractivity contribution >= 4 is 11.6 Å². The summed E-state index contributed by atoms with van der Waals surface area (Å²) in [5.41, 5.74) is 0.943. The second-order valence-electron chi connectivity index (χ2n) is 5.21. The van der Waals surface area contributed by atoms with Gasteiger partial charge in [-0.05, 0) is 48.9 Å². The molecular weight excluding hydrogens is 265 g/mol. The van der Waals surface area contributed by atoms with Crippen molar-refractivity contribution in [2.45, 2.75) is 25.8 Å². The van der Waals surface area contributed by atoms with E-state index in [-0.39, 0.29) is 5.82 Å². The first-order valence-electron chi connectivity index (χ1n) is 6.83. The summed E-state index contributed by atoms with van der Waals surface area (Å²) in [5, 5.41) is 3.41. The Balaban J connectivity index is 1.81. The van der Waals surface area contributed by atoms with E-state index in [1.807, 2.05) is 6.07 Å². The van der Waals surface area contributed by atoms with Crippen molar-refractivity contribution in [2.75, 3.05) is 19.5 Å². The van der Waals surface area contributed by atoms with Crippen LogP contribution in [0.2, 0.25) is 0 Å². The summed E-state index contributed by atoms with van der Waals surface area (Å²) in [6.07, 6.45) is 3.77. The lowest BCUT2D eigenvalue weighted by atomic mass is 9.98. The third-order valence-corrected chi connectivity index (χ3v) is 4.36. The molecular formula is C15H21ClFNO. The van der Waals surface area contributed by atoms with Gasteiger partial charge in [0.15, 0.2) is 11.6 Å². The zero-order chi connectivity index (χ0) is 13.7. The van der Waals surface area contributed by atoms with Crippen molar-refractivity contribution in [1.82, 2.24) is 5.32 Å². The molecule has 4 heteroatoms. The Hall–Kier alpha value is -0.800. The van der Waals surface area contributed by atoms with E-state index in [1.165, 1.54) is 32.4 Å². The summed E-state index contributed by atoms with van der Waals surface area (Å²) in [7, 11) is 1.47. The van der Waals surface area contributed by atoms with Gasteiger partial charge in [0, 0.05) is 12.4 Å². The Bertz CT molecular complexity index is 413. The van der Waals surface area contributed by atoms with E-state index in [9.17, 15) is 4.39 Å². The van der Waals surface area contributed by atoms with Gasteiger partial charge in [-0.3, -0.25) is 0 Å². The lowest BCUT2D eigenvalue weighted by Gasteiger charge is -2.17. The number of rotatable bonds is 6. The van der Waals surface area contributed by atoms with Crippen LogP contribution in [0.5, 0.6) is 5.75 Å². The smallest absolute Gasteiger partial charge is 0.165 e. The zero-order valence-electron chi connectivity index (χ0n) is 11.3. The molecule has 0 radical (unpaired) electrons. The molecule has 1 N–H and O–H groups in total. The first-order valence-corrected chi connectivity index (χ1v) is 7.37. The lowest BCUT2D eigenvalue weighted by Crippen LogP contribution is -2.25. The summed E-state index contributed by atoms with van der Waals surface area (Å²) in [6.45, 7) is 1.65. The van der Waals surface area contributed by atoms with Gasteiger partial charge in [0.1, 0.15) is 0 Å². The molecule has 2 unspecified atom stereocenters. The topological polar surface area (TPSA) is 21.3 Å². The molecule has 2 nitrogen and oxygen atoms in total. The van der Waals surface area contributed by atoms with Crippen LogP contribution in [-0.4, -0.2) is 19.5 Å². The number of nitrogens with one attached hydrogen (secondary N) is 1. The van der Waals surface area contributed by atoms with Gasteiger partial charge in [-0.15, -0.1) is 11.6 Å².